The number of para-hydroxylation sites is 2. The van der Waals surface area contributed by atoms with E-state index >= 15 is 0 Å². The molecule has 0 aliphatic rings. The zero-order valence-electron chi connectivity index (χ0n) is 15.7. The van der Waals surface area contributed by atoms with Gasteiger partial charge in [0.05, 0.1) is 10.6 Å². The Hall–Kier alpha value is -3.14. The lowest BCUT2D eigenvalue weighted by Gasteiger charge is -2.24. The molecule has 3 aromatic carbocycles. The monoisotopic (exact) mass is 479 g/mol. The minimum absolute atomic E-state index is 0.167. The summed E-state index contributed by atoms with van der Waals surface area (Å²) in [5.41, 5.74) is -0.149. The van der Waals surface area contributed by atoms with Crippen molar-refractivity contribution in [2.45, 2.75) is 4.90 Å². The smallest absolute Gasteiger partial charge is 0.289 e. The maximum atomic E-state index is 13.4. The van der Waals surface area contributed by atoms with Crippen LogP contribution in [0.15, 0.2) is 77.7 Å². The summed E-state index contributed by atoms with van der Waals surface area (Å²) in [6, 6.07) is 17.1. The molecule has 160 valence electrons. The molecule has 0 bridgehead atoms. The molecule has 1 amide bonds. The largest absolute Gasteiger partial charge is 0.324 e. The fourth-order valence-corrected chi connectivity index (χ4v) is 4.92. The number of rotatable bonds is 7. The molecular weight excluding hydrogens is 465 g/mol. The van der Waals surface area contributed by atoms with Gasteiger partial charge in [-0.05, 0) is 36.4 Å². The summed E-state index contributed by atoms with van der Waals surface area (Å²) in [7, 11) is -4.45. The SMILES string of the molecule is O=C(CN(c1ccccc1)S(=O)(=O)c1ccccc1[N+](=O)[O-])Nc1cc(Cl)cc(Cl)c1. The zero-order chi connectivity index (χ0) is 22.6. The van der Waals surface area contributed by atoms with Crippen LogP contribution in [-0.4, -0.2) is 25.8 Å². The number of benzene rings is 3. The molecule has 11 heteroatoms. The quantitative estimate of drug-likeness (QED) is 0.388. The van der Waals surface area contributed by atoms with E-state index in [4.69, 9.17) is 23.2 Å². The Morgan fingerprint density at radius 1 is 0.968 bits per heavy atom. The molecule has 0 spiro atoms. The van der Waals surface area contributed by atoms with Crippen molar-refractivity contribution in [3.63, 3.8) is 0 Å². The Balaban J connectivity index is 2.00. The number of carbonyl (C=O) groups is 1. The van der Waals surface area contributed by atoms with Crippen molar-refractivity contribution in [3.8, 4) is 0 Å². The summed E-state index contributed by atoms with van der Waals surface area (Å²) >= 11 is 11.9. The second-order valence-electron chi connectivity index (χ2n) is 6.28. The van der Waals surface area contributed by atoms with Crippen LogP contribution in [0.4, 0.5) is 17.1 Å². The highest BCUT2D eigenvalue weighted by Gasteiger charge is 2.33. The van der Waals surface area contributed by atoms with Gasteiger partial charge in [-0.15, -0.1) is 0 Å². The van der Waals surface area contributed by atoms with Gasteiger partial charge in [0.15, 0.2) is 4.90 Å². The molecule has 0 aromatic heterocycles. The maximum absolute atomic E-state index is 13.4. The Morgan fingerprint density at radius 3 is 2.16 bits per heavy atom. The number of nitrogens with zero attached hydrogens (tertiary/aromatic N) is 2. The molecule has 0 unspecified atom stereocenters. The molecule has 31 heavy (non-hydrogen) atoms. The molecule has 1 N–H and O–H groups in total. The fraction of sp³-hybridized carbons (Fsp3) is 0.0500. The summed E-state index contributed by atoms with van der Waals surface area (Å²) in [5, 5.41) is 14.5. The molecule has 0 saturated heterocycles. The Labute approximate surface area is 188 Å². The van der Waals surface area contributed by atoms with Crippen molar-refractivity contribution in [2.75, 3.05) is 16.2 Å². The van der Waals surface area contributed by atoms with Gasteiger partial charge in [-0.1, -0.05) is 53.5 Å². The topological polar surface area (TPSA) is 110 Å². The number of amides is 1. The van der Waals surface area contributed by atoms with Gasteiger partial charge in [0, 0.05) is 21.8 Å². The summed E-state index contributed by atoms with van der Waals surface area (Å²) in [5.74, 6) is -0.690. The first-order valence-corrected chi connectivity index (χ1v) is 11.0. The first-order chi connectivity index (χ1) is 14.7. The number of halogens is 2. The van der Waals surface area contributed by atoms with Gasteiger partial charge < -0.3 is 5.32 Å². The van der Waals surface area contributed by atoms with Crippen LogP contribution in [0.3, 0.4) is 0 Å². The van der Waals surface area contributed by atoms with Crippen LogP contribution < -0.4 is 9.62 Å². The van der Waals surface area contributed by atoms with Crippen molar-refractivity contribution >= 4 is 56.2 Å². The summed E-state index contributed by atoms with van der Waals surface area (Å²) < 4.78 is 27.5. The molecule has 0 fully saturated rings. The van der Waals surface area contributed by atoms with Gasteiger partial charge in [0.2, 0.25) is 5.91 Å². The van der Waals surface area contributed by atoms with Crippen LogP contribution in [-0.2, 0) is 14.8 Å². The molecular formula is C20H15Cl2N3O5S. The van der Waals surface area contributed by atoms with E-state index in [1.807, 2.05) is 0 Å². The van der Waals surface area contributed by atoms with E-state index in [0.717, 1.165) is 16.4 Å². The number of nitro groups is 1. The molecule has 0 atom stereocenters. The summed E-state index contributed by atoms with van der Waals surface area (Å²) in [6.07, 6.45) is 0. The van der Waals surface area contributed by atoms with Gasteiger partial charge in [0.1, 0.15) is 6.54 Å². The van der Waals surface area contributed by atoms with Crippen molar-refractivity contribution in [1.29, 1.82) is 0 Å². The number of anilines is 2. The third kappa shape index (κ3) is 5.32. The van der Waals surface area contributed by atoms with Crippen molar-refractivity contribution < 1.29 is 18.1 Å². The zero-order valence-corrected chi connectivity index (χ0v) is 18.1. The number of carbonyl (C=O) groups excluding carboxylic acids is 1. The number of nitro benzene ring substituents is 1. The van der Waals surface area contributed by atoms with Crippen LogP contribution >= 0.6 is 23.2 Å². The second-order valence-corrected chi connectivity index (χ2v) is 8.98. The highest BCUT2D eigenvalue weighted by molar-refractivity contribution is 7.93. The molecule has 3 rings (SSSR count). The molecule has 0 saturated carbocycles. The van der Waals surface area contributed by atoms with E-state index in [1.165, 1.54) is 42.5 Å². The van der Waals surface area contributed by atoms with Gasteiger partial charge in [-0.3, -0.25) is 19.2 Å². The predicted octanol–water partition coefficient (Wildman–Crippen LogP) is 4.74. The Morgan fingerprint density at radius 2 is 1.55 bits per heavy atom. The van der Waals surface area contributed by atoms with Crippen LogP contribution in [0.2, 0.25) is 10.0 Å². The number of nitrogens with one attached hydrogen (secondary N) is 1. The van der Waals surface area contributed by atoms with E-state index in [0.29, 0.717) is 0 Å². The second kappa shape index (κ2) is 9.34. The van der Waals surface area contributed by atoms with Crippen LogP contribution in [0.5, 0.6) is 0 Å². The fourth-order valence-electron chi connectivity index (χ4n) is 2.81. The minimum atomic E-state index is -4.45. The van der Waals surface area contributed by atoms with Crippen molar-refractivity contribution in [1.82, 2.24) is 0 Å². The lowest BCUT2D eigenvalue weighted by molar-refractivity contribution is -0.387. The number of hydrogen-bond acceptors (Lipinski definition) is 5. The maximum Gasteiger partial charge on any atom is 0.289 e. The van der Waals surface area contributed by atoms with Crippen LogP contribution in [0.25, 0.3) is 0 Å². The van der Waals surface area contributed by atoms with E-state index in [2.05, 4.69) is 5.32 Å². The third-order valence-electron chi connectivity index (χ3n) is 4.11. The molecule has 0 aliphatic heterocycles. The number of sulfonamides is 1. The standard InChI is InChI=1S/C20H15Cl2N3O5S/c21-14-10-15(22)12-16(11-14)23-20(26)13-24(17-6-2-1-3-7-17)31(29,30)19-9-5-4-8-18(19)25(27)28/h1-12H,13H2,(H,23,26). The molecule has 0 heterocycles. The highest BCUT2D eigenvalue weighted by Crippen LogP contribution is 2.30. The minimum Gasteiger partial charge on any atom is -0.324 e. The first kappa shape index (κ1) is 22.5. The van der Waals surface area contributed by atoms with Gasteiger partial charge in [-0.2, -0.15) is 0 Å². The molecule has 3 aromatic rings. The first-order valence-electron chi connectivity index (χ1n) is 8.75. The average molecular weight is 480 g/mol. The van der Waals surface area contributed by atoms with E-state index in [-0.39, 0.29) is 21.4 Å². The van der Waals surface area contributed by atoms with Gasteiger partial charge >= 0.3 is 0 Å². The van der Waals surface area contributed by atoms with Crippen molar-refractivity contribution in [2.24, 2.45) is 0 Å². The highest BCUT2D eigenvalue weighted by atomic mass is 35.5. The normalized spacial score (nSPS) is 11.0. The third-order valence-corrected chi connectivity index (χ3v) is 6.37. The van der Waals surface area contributed by atoms with Crippen LogP contribution in [0, 0.1) is 10.1 Å². The Bertz CT molecular complexity index is 1220. The predicted molar refractivity (Wildman–Crippen MR) is 119 cm³/mol. The summed E-state index contributed by atoms with van der Waals surface area (Å²) in [6.45, 7) is -0.636. The van der Waals surface area contributed by atoms with Crippen molar-refractivity contribution in [3.05, 3.63) is 93.0 Å². The lowest BCUT2D eigenvalue weighted by Crippen LogP contribution is -2.38. The lowest BCUT2D eigenvalue weighted by atomic mass is 10.3. The molecule has 0 radical (unpaired) electrons. The average Bonchev–Trinajstić information content (AvgIpc) is 2.71. The molecule has 8 nitrogen and oxygen atoms in total. The molecule has 0 aliphatic carbocycles. The Kier molecular flexibility index (Phi) is 6.79. The van der Waals surface area contributed by atoms with Crippen LogP contribution in [0.1, 0.15) is 0 Å². The van der Waals surface area contributed by atoms with Gasteiger partial charge in [0.25, 0.3) is 15.7 Å². The van der Waals surface area contributed by atoms with E-state index in [1.54, 1.807) is 18.2 Å². The number of hydrogen-bond donors (Lipinski definition) is 1. The van der Waals surface area contributed by atoms with E-state index in [9.17, 15) is 23.3 Å². The van der Waals surface area contributed by atoms with Gasteiger partial charge in [-0.25, -0.2) is 8.42 Å². The summed E-state index contributed by atoms with van der Waals surface area (Å²) in [4.78, 5) is 22.7. The van der Waals surface area contributed by atoms with E-state index < -0.39 is 38.0 Å².